The van der Waals surface area contributed by atoms with Crippen LogP contribution in [0.5, 0.6) is 0 Å². The molecule has 1 N–H and O–H groups in total. The highest BCUT2D eigenvalue weighted by atomic mass is 32.2. The van der Waals surface area contributed by atoms with Crippen LogP contribution in [0, 0.1) is 0 Å². The molecule has 2 aromatic rings. The summed E-state index contributed by atoms with van der Waals surface area (Å²) in [5.41, 5.74) is 0.914. The van der Waals surface area contributed by atoms with Gasteiger partial charge in [-0.3, -0.25) is 4.79 Å². The van der Waals surface area contributed by atoms with Crippen LogP contribution in [-0.2, 0) is 21.3 Å². The van der Waals surface area contributed by atoms with Crippen LogP contribution in [-0.4, -0.2) is 50.5 Å². The maximum atomic E-state index is 12.5. The normalized spacial score (nSPS) is 15.0. The van der Waals surface area contributed by atoms with Crippen molar-refractivity contribution >= 4 is 21.8 Å². The van der Waals surface area contributed by atoms with E-state index in [1.165, 1.54) is 19.1 Å². The average Bonchev–Trinajstić information content (AvgIpc) is 2.67. The Morgan fingerprint density at radius 2 is 2.04 bits per heavy atom. The van der Waals surface area contributed by atoms with E-state index in [0.717, 1.165) is 0 Å². The van der Waals surface area contributed by atoms with E-state index in [1.807, 2.05) is 4.90 Å². The Balaban J connectivity index is 1.71. The maximum absolute atomic E-state index is 12.5. The molecule has 3 rings (SSSR count). The molecule has 1 saturated heterocycles. The molecule has 0 aliphatic carbocycles. The lowest BCUT2D eigenvalue weighted by Gasteiger charge is -2.26. The fourth-order valence-corrected chi connectivity index (χ4v) is 3.58. The minimum atomic E-state index is -3.75. The second kappa shape index (κ2) is 7.90. The van der Waals surface area contributed by atoms with Gasteiger partial charge in [-0.2, -0.15) is 0 Å². The van der Waals surface area contributed by atoms with E-state index < -0.39 is 10.0 Å². The summed E-state index contributed by atoms with van der Waals surface area (Å²) in [6.07, 6.45) is 1.61. The molecule has 8 nitrogen and oxygen atoms in total. The molecule has 0 amide bonds. The number of ether oxygens (including phenoxy) is 1. The SMILES string of the molecule is CC(=O)c1cccc(S(=O)(=O)NCc2ccnc(N3CCOCC3)n2)c1. The van der Waals surface area contributed by atoms with Gasteiger partial charge in [-0.25, -0.2) is 23.1 Å². The number of morpholine rings is 1. The predicted molar refractivity (Wildman–Crippen MR) is 95.5 cm³/mol. The summed E-state index contributed by atoms with van der Waals surface area (Å²) in [6, 6.07) is 7.61. The summed E-state index contributed by atoms with van der Waals surface area (Å²) in [5, 5.41) is 0. The number of sulfonamides is 1. The van der Waals surface area contributed by atoms with Gasteiger partial charge in [0.25, 0.3) is 0 Å². The molecule has 9 heteroatoms. The van der Waals surface area contributed by atoms with Gasteiger partial charge in [-0.05, 0) is 25.1 Å². The molecule has 2 heterocycles. The van der Waals surface area contributed by atoms with Crippen molar-refractivity contribution in [2.75, 3.05) is 31.2 Å². The molecule has 0 bridgehead atoms. The topological polar surface area (TPSA) is 101 Å². The van der Waals surface area contributed by atoms with Gasteiger partial charge in [-0.1, -0.05) is 12.1 Å². The van der Waals surface area contributed by atoms with Crippen LogP contribution in [0.25, 0.3) is 0 Å². The van der Waals surface area contributed by atoms with Crippen LogP contribution in [0.3, 0.4) is 0 Å². The third-order valence-corrected chi connectivity index (χ3v) is 5.39. The Morgan fingerprint density at radius 3 is 2.77 bits per heavy atom. The van der Waals surface area contributed by atoms with Gasteiger partial charge in [0.1, 0.15) is 0 Å². The number of aromatic nitrogens is 2. The maximum Gasteiger partial charge on any atom is 0.240 e. The summed E-state index contributed by atoms with van der Waals surface area (Å²) in [5.74, 6) is 0.372. The number of hydrogen-bond donors (Lipinski definition) is 1. The Hall–Kier alpha value is -2.36. The zero-order valence-corrected chi connectivity index (χ0v) is 15.2. The molecule has 0 radical (unpaired) electrons. The molecule has 1 aromatic carbocycles. The molecule has 0 unspecified atom stereocenters. The van der Waals surface area contributed by atoms with Gasteiger partial charge in [0, 0.05) is 24.8 Å². The number of nitrogens with one attached hydrogen (secondary N) is 1. The van der Waals surface area contributed by atoms with Crippen LogP contribution in [0.1, 0.15) is 23.0 Å². The van der Waals surface area contributed by atoms with Crippen molar-refractivity contribution in [1.29, 1.82) is 0 Å². The molecule has 1 aliphatic rings. The molecule has 0 atom stereocenters. The number of anilines is 1. The van der Waals surface area contributed by atoms with Crippen LogP contribution >= 0.6 is 0 Å². The van der Waals surface area contributed by atoms with Crippen molar-refractivity contribution < 1.29 is 17.9 Å². The largest absolute Gasteiger partial charge is 0.378 e. The molecule has 0 spiro atoms. The highest BCUT2D eigenvalue weighted by molar-refractivity contribution is 7.89. The lowest BCUT2D eigenvalue weighted by Crippen LogP contribution is -2.37. The average molecular weight is 376 g/mol. The van der Waals surface area contributed by atoms with Crippen molar-refractivity contribution in [2.24, 2.45) is 0 Å². The first-order valence-corrected chi connectivity index (χ1v) is 9.69. The number of carbonyl (C=O) groups is 1. The number of benzene rings is 1. The van der Waals surface area contributed by atoms with Crippen LogP contribution in [0.4, 0.5) is 5.95 Å². The number of carbonyl (C=O) groups excluding carboxylic acids is 1. The van der Waals surface area contributed by atoms with E-state index in [1.54, 1.807) is 24.4 Å². The highest BCUT2D eigenvalue weighted by Gasteiger charge is 2.17. The summed E-state index contributed by atoms with van der Waals surface area (Å²) >= 11 is 0. The number of ketones is 1. The second-order valence-corrected chi connectivity index (χ2v) is 7.62. The Labute approximate surface area is 152 Å². The zero-order chi connectivity index (χ0) is 18.6. The standard InChI is InChI=1S/C17H20N4O4S/c1-13(22)14-3-2-4-16(11-14)26(23,24)19-12-15-5-6-18-17(20-15)21-7-9-25-10-8-21/h2-6,11,19H,7-10,12H2,1H3. The second-order valence-electron chi connectivity index (χ2n) is 5.86. The smallest absolute Gasteiger partial charge is 0.240 e. The third kappa shape index (κ3) is 4.43. The van der Waals surface area contributed by atoms with Gasteiger partial charge in [0.05, 0.1) is 30.3 Å². The number of hydrogen-bond acceptors (Lipinski definition) is 7. The van der Waals surface area contributed by atoms with Gasteiger partial charge in [0.15, 0.2) is 5.78 Å². The van der Waals surface area contributed by atoms with Gasteiger partial charge in [0.2, 0.25) is 16.0 Å². The van der Waals surface area contributed by atoms with Crippen LogP contribution in [0.2, 0.25) is 0 Å². The molecule has 1 aliphatic heterocycles. The molecular weight excluding hydrogens is 356 g/mol. The first kappa shape index (κ1) is 18.4. The Morgan fingerprint density at radius 1 is 1.27 bits per heavy atom. The van der Waals surface area contributed by atoms with Crippen molar-refractivity contribution in [3.05, 3.63) is 47.8 Å². The number of nitrogens with zero attached hydrogens (tertiary/aromatic N) is 3. The molecule has 0 saturated carbocycles. The Kier molecular flexibility index (Phi) is 5.60. The summed E-state index contributed by atoms with van der Waals surface area (Å²) < 4.78 is 32.8. The van der Waals surface area contributed by atoms with Crippen molar-refractivity contribution in [1.82, 2.24) is 14.7 Å². The van der Waals surface area contributed by atoms with E-state index >= 15 is 0 Å². The lowest BCUT2D eigenvalue weighted by molar-refractivity contribution is 0.101. The monoisotopic (exact) mass is 376 g/mol. The summed E-state index contributed by atoms with van der Waals surface area (Å²) in [6.45, 7) is 4.07. The van der Waals surface area contributed by atoms with Crippen LogP contribution < -0.4 is 9.62 Å². The minimum Gasteiger partial charge on any atom is -0.378 e. The van der Waals surface area contributed by atoms with Crippen LogP contribution in [0.15, 0.2) is 41.4 Å². The predicted octanol–water partition coefficient (Wildman–Crippen LogP) is 0.994. The molecular formula is C17H20N4O4S. The summed E-state index contributed by atoms with van der Waals surface area (Å²) in [7, 11) is -3.75. The fourth-order valence-electron chi connectivity index (χ4n) is 2.53. The van der Waals surface area contributed by atoms with Crippen molar-refractivity contribution in [3.8, 4) is 0 Å². The van der Waals surface area contributed by atoms with Gasteiger partial charge >= 0.3 is 0 Å². The molecule has 1 fully saturated rings. The quantitative estimate of drug-likeness (QED) is 0.750. The third-order valence-electron chi connectivity index (χ3n) is 3.99. The Bertz CT molecular complexity index is 895. The molecule has 26 heavy (non-hydrogen) atoms. The highest BCUT2D eigenvalue weighted by Crippen LogP contribution is 2.14. The van der Waals surface area contributed by atoms with E-state index in [0.29, 0.717) is 43.5 Å². The summed E-state index contributed by atoms with van der Waals surface area (Å²) in [4.78, 5) is 22.2. The first-order chi connectivity index (χ1) is 12.5. The number of rotatable bonds is 6. The fraction of sp³-hybridized carbons (Fsp3) is 0.353. The van der Waals surface area contributed by atoms with Crippen molar-refractivity contribution in [3.63, 3.8) is 0 Å². The van der Waals surface area contributed by atoms with E-state index in [2.05, 4.69) is 14.7 Å². The van der Waals surface area contributed by atoms with Crippen molar-refractivity contribution in [2.45, 2.75) is 18.4 Å². The van der Waals surface area contributed by atoms with E-state index in [-0.39, 0.29) is 17.2 Å². The lowest BCUT2D eigenvalue weighted by atomic mass is 10.2. The number of Topliss-reactive ketones (excluding diaryl/α,β-unsaturated/α-hetero) is 1. The molecule has 1 aromatic heterocycles. The first-order valence-electron chi connectivity index (χ1n) is 8.21. The van der Waals surface area contributed by atoms with E-state index in [9.17, 15) is 13.2 Å². The molecule has 138 valence electrons. The van der Waals surface area contributed by atoms with E-state index in [4.69, 9.17) is 4.74 Å². The minimum absolute atomic E-state index is 0.0342. The zero-order valence-electron chi connectivity index (χ0n) is 14.4. The van der Waals surface area contributed by atoms with Gasteiger partial charge < -0.3 is 9.64 Å². The van der Waals surface area contributed by atoms with Gasteiger partial charge in [-0.15, -0.1) is 0 Å².